The van der Waals surface area contributed by atoms with Gasteiger partial charge in [0.05, 0.1) is 13.2 Å². The van der Waals surface area contributed by atoms with Gasteiger partial charge in [-0.15, -0.1) is 0 Å². The molecule has 3 aromatic rings. The van der Waals surface area contributed by atoms with E-state index in [0.717, 1.165) is 37.2 Å². The van der Waals surface area contributed by atoms with Crippen LogP contribution in [0.15, 0.2) is 60.7 Å². The zero-order valence-corrected chi connectivity index (χ0v) is 20.4. The molecule has 0 radical (unpaired) electrons. The molecule has 0 N–H and O–H groups in total. The Labute approximate surface area is 202 Å². The normalized spacial score (nSPS) is 10.9. The molecule has 0 bridgehead atoms. The number of unbranched alkanes of at least 4 members (excludes halogenated alkanes) is 6. The van der Waals surface area contributed by atoms with Gasteiger partial charge in [0, 0.05) is 11.1 Å². The summed E-state index contributed by atoms with van der Waals surface area (Å²) in [5, 5.41) is 0. The fraction of sp³-hybridized carbons (Fsp3) is 0.400. The van der Waals surface area contributed by atoms with Gasteiger partial charge >= 0.3 is 0 Å². The predicted molar refractivity (Wildman–Crippen MR) is 137 cm³/mol. The van der Waals surface area contributed by atoms with Crippen LogP contribution in [0.5, 0.6) is 11.5 Å². The van der Waals surface area contributed by atoms with Crippen molar-refractivity contribution in [3.8, 4) is 33.8 Å². The Morgan fingerprint density at radius 2 is 0.882 bits per heavy atom. The highest BCUT2D eigenvalue weighted by Crippen LogP contribution is 2.33. The Hall–Kier alpha value is -2.88. The van der Waals surface area contributed by atoms with E-state index in [9.17, 15) is 8.78 Å². The van der Waals surface area contributed by atoms with Gasteiger partial charge in [-0.2, -0.15) is 0 Å². The van der Waals surface area contributed by atoms with Crippen LogP contribution < -0.4 is 9.47 Å². The first-order chi connectivity index (χ1) is 16.6. The largest absolute Gasteiger partial charge is 0.494 e. The van der Waals surface area contributed by atoms with Gasteiger partial charge in [0.2, 0.25) is 0 Å². The van der Waals surface area contributed by atoms with Crippen LogP contribution in [0.2, 0.25) is 0 Å². The maximum absolute atomic E-state index is 15.0. The van der Waals surface area contributed by atoms with E-state index in [-0.39, 0.29) is 11.1 Å². The van der Waals surface area contributed by atoms with Crippen LogP contribution in [0.4, 0.5) is 8.78 Å². The maximum Gasteiger partial charge on any atom is 0.167 e. The molecule has 3 rings (SSSR count). The van der Waals surface area contributed by atoms with Crippen LogP contribution in [-0.2, 0) is 0 Å². The first-order valence-corrected chi connectivity index (χ1v) is 12.6. The Kier molecular flexibility index (Phi) is 10.4. The third-order valence-corrected chi connectivity index (χ3v) is 5.95. The SMILES string of the molecule is CCCCCCOc1ccc(-c2ccc(-c3ccc(OCCCCCC)cc3)c(F)c2F)cc1. The van der Waals surface area contributed by atoms with E-state index in [0.29, 0.717) is 24.3 Å². The third-order valence-electron chi connectivity index (χ3n) is 5.95. The number of hydrogen-bond donors (Lipinski definition) is 0. The minimum atomic E-state index is -0.845. The van der Waals surface area contributed by atoms with Crippen molar-refractivity contribution in [1.82, 2.24) is 0 Å². The molecule has 0 heterocycles. The van der Waals surface area contributed by atoms with Gasteiger partial charge < -0.3 is 9.47 Å². The molecule has 2 nitrogen and oxygen atoms in total. The first kappa shape index (κ1) is 25.7. The van der Waals surface area contributed by atoms with E-state index in [1.54, 1.807) is 60.7 Å². The summed E-state index contributed by atoms with van der Waals surface area (Å²) in [4.78, 5) is 0. The Bertz CT molecular complexity index is 915. The molecule has 0 aromatic heterocycles. The Balaban J connectivity index is 1.63. The quantitative estimate of drug-likeness (QED) is 0.220. The molecule has 0 atom stereocenters. The van der Waals surface area contributed by atoms with Crippen LogP contribution in [-0.4, -0.2) is 13.2 Å². The molecular weight excluding hydrogens is 430 g/mol. The van der Waals surface area contributed by atoms with Crippen molar-refractivity contribution in [3.05, 3.63) is 72.3 Å². The topological polar surface area (TPSA) is 18.5 Å². The van der Waals surface area contributed by atoms with Gasteiger partial charge in [0.15, 0.2) is 11.6 Å². The first-order valence-electron chi connectivity index (χ1n) is 12.6. The van der Waals surface area contributed by atoms with Gasteiger partial charge in [0.1, 0.15) is 11.5 Å². The monoisotopic (exact) mass is 466 g/mol. The lowest BCUT2D eigenvalue weighted by Gasteiger charge is -2.11. The van der Waals surface area contributed by atoms with Gasteiger partial charge in [-0.3, -0.25) is 0 Å². The van der Waals surface area contributed by atoms with E-state index >= 15 is 0 Å². The lowest BCUT2D eigenvalue weighted by molar-refractivity contribution is 0.305. The highest BCUT2D eigenvalue weighted by molar-refractivity contribution is 5.72. The number of hydrogen-bond acceptors (Lipinski definition) is 2. The van der Waals surface area contributed by atoms with Crippen LogP contribution >= 0.6 is 0 Å². The third kappa shape index (κ3) is 7.31. The molecule has 182 valence electrons. The van der Waals surface area contributed by atoms with Gasteiger partial charge in [0.25, 0.3) is 0 Å². The minimum Gasteiger partial charge on any atom is -0.494 e. The molecule has 0 unspecified atom stereocenters. The second kappa shape index (κ2) is 13.7. The second-order valence-electron chi connectivity index (χ2n) is 8.66. The van der Waals surface area contributed by atoms with Gasteiger partial charge in [-0.05, 0) is 48.2 Å². The number of halogens is 2. The summed E-state index contributed by atoms with van der Waals surface area (Å²) in [6.45, 7) is 5.69. The zero-order valence-electron chi connectivity index (χ0n) is 20.4. The molecule has 0 aliphatic carbocycles. The Morgan fingerprint density at radius 1 is 0.500 bits per heavy atom. The molecule has 0 aliphatic heterocycles. The highest BCUT2D eigenvalue weighted by atomic mass is 19.2. The van der Waals surface area contributed by atoms with Crippen molar-refractivity contribution in [2.24, 2.45) is 0 Å². The zero-order chi connectivity index (χ0) is 24.2. The van der Waals surface area contributed by atoms with Crippen molar-refractivity contribution in [3.63, 3.8) is 0 Å². The van der Waals surface area contributed by atoms with E-state index in [2.05, 4.69) is 13.8 Å². The molecular formula is C30H36F2O2. The van der Waals surface area contributed by atoms with E-state index in [4.69, 9.17) is 9.47 Å². The summed E-state index contributed by atoms with van der Waals surface area (Å²) in [5.41, 5.74) is 1.71. The van der Waals surface area contributed by atoms with Crippen LogP contribution in [0.3, 0.4) is 0 Å². The second-order valence-corrected chi connectivity index (χ2v) is 8.66. The van der Waals surface area contributed by atoms with E-state index in [1.165, 1.54) is 25.7 Å². The van der Waals surface area contributed by atoms with Crippen molar-refractivity contribution in [2.75, 3.05) is 13.2 Å². The molecule has 0 saturated carbocycles. The van der Waals surface area contributed by atoms with Crippen molar-refractivity contribution in [1.29, 1.82) is 0 Å². The summed E-state index contributed by atoms with van der Waals surface area (Å²) >= 11 is 0. The molecule has 3 aromatic carbocycles. The van der Waals surface area contributed by atoms with E-state index < -0.39 is 11.6 Å². The lowest BCUT2D eigenvalue weighted by Crippen LogP contribution is -1.98. The van der Waals surface area contributed by atoms with Gasteiger partial charge in [-0.25, -0.2) is 8.78 Å². The molecule has 0 saturated heterocycles. The number of ether oxygens (including phenoxy) is 2. The fourth-order valence-corrected chi connectivity index (χ4v) is 3.89. The van der Waals surface area contributed by atoms with Crippen LogP contribution in [0, 0.1) is 11.6 Å². The van der Waals surface area contributed by atoms with Crippen molar-refractivity contribution >= 4 is 0 Å². The minimum absolute atomic E-state index is 0.239. The number of rotatable bonds is 14. The predicted octanol–water partition coefficient (Wildman–Crippen LogP) is 9.22. The smallest absolute Gasteiger partial charge is 0.167 e. The summed E-state index contributed by atoms with van der Waals surface area (Å²) in [6.07, 6.45) is 9.13. The summed E-state index contributed by atoms with van der Waals surface area (Å²) in [7, 11) is 0. The average molecular weight is 467 g/mol. The molecule has 0 aliphatic rings. The van der Waals surface area contributed by atoms with E-state index in [1.807, 2.05) is 0 Å². The molecule has 4 heteroatoms. The fourth-order valence-electron chi connectivity index (χ4n) is 3.89. The summed E-state index contributed by atoms with van der Waals surface area (Å²) in [6, 6.07) is 17.6. The molecule has 0 amide bonds. The maximum atomic E-state index is 15.0. The van der Waals surface area contributed by atoms with Crippen LogP contribution in [0.1, 0.15) is 65.2 Å². The van der Waals surface area contributed by atoms with Crippen molar-refractivity contribution in [2.45, 2.75) is 65.2 Å². The van der Waals surface area contributed by atoms with Crippen molar-refractivity contribution < 1.29 is 18.3 Å². The number of benzene rings is 3. The summed E-state index contributed by atoms with van der Waals surface area (Å²) < 4.78 is 41.4. The molecule has 34 heavy (non-hydrogen) atoms. The molecule has 0 fully saturated rings. The average Bonchev–Trinajstić information content (AvgIpc) is 2.86. The van der Waals surface area contributed by atoms with Crippen LogP contribution in [0.25, 0.3) is 22.3 Å². The molecule has 0 spiro atoms. The van der Waals surface area contributed by atoms with Gasteiger partial charge in [-0.1, -0.05) is 88.8 Å². The lowest BCUT2D eigenvalue weighted by atomic mass is 9.98. The summed E-state index contributed by atoms with van der Waals surface area (Å²) in [5.74, 6) is -0.209. The Morgan fingerprint density at radius 3 is 1.24 bits per heavy atom. The highest BCUT2D eigenvalue weighted by Gasteiger charge is 2.16. The standard InChI is InChI=1S/C30H36F2O2/c1-3-5-7-9-21-33-25-15-11-23(12-16-25)27-19-20-28(30(32)29(27)31)24-13-17-26(18-14-24)34-22-10-8-6-4-2/h11-20H,3-10,21-22H2,1-2H3.